The van der Waals surface area contributed by atoms with Gasteiger partial charge in [-0.05, 0) is 56.0 Å². The molecule has 0 unspecified atom stereocenters. The number of carbonyl (C=O) groups excluding carboxylic acids is 3. The maximum atomic E-state index is 12.5. The van der Waals surface area contributed by atoms with E-state index in [0.717, 1.165) is 28.0 Å². The van der Waals surface area contributed by atoms with Gasteiger partial charge in [0.2, 0.25) is 0 Å². The number of rotatable bonds is 5. The van der Waals surface area contributed by atoms with Crippen molar-refractivity contribution in [2.45, 2.75) is 20.0 Å². The smallest absolute Gasteiger partial charge is 0.326 e. The van der Waals surface area contributed by atoms with Gasteiger partial charge in [0.1, 0.15) is 6.54 Å². The summed E-state index contributed by atoms with van der Waals surface area (Å²) in [6, 6.07) is 13.4. The van der Waals surface area contributed by atoms with Crippen LogP contribution in [0.5, 0.6) is 0 Å². The highest BCUT2D eigenvalue weighted by atomic mass is 32.2. The summed E-state index contributed by atoms with van der Waals surface area (Å²) in [5.41, 5.74) is 1.72. The second-order valence-electron chi connectivity index (χ2n) is 5.95. The minimum Gasteiger partial charge on any atom is -0.462 e. The average Bonchev–Trinajstić information content (AvgIpc) is 3.15. The molecule has 0 bridgehead atoms. The summed E-state index contributed by atoms with van der Waals surface area (Å²) in [5.74, 6) is -1.09. The molecule has 134 valence electrons. The number of amides is 2. The third-order valence-electron chi connectivity index (χ3n) is 3.62. The highest BCUT2D eigenvalue weighted by molar-refractivity contribution is 8.18. The standard InChI is InChI=1S/C19H18N2O4S/c1-13(2)25-17(22)12-21-18(23)16(26-19(21)24)11-15-9-6-10-20(15)14-7-4-3-5-8-14/h3-11,13H,12H2,1-2H3. The lowest BCUT2D eigenvalue weighted by molar-refractivity contribution is -0.149. The first-order valence-corrected chi connectivity index (χ1v) is 8.95. The van der Waals surface area contributed by atoms with Crippen molar-refractivity contribution in [1.82, 2.24) is 9.47 Å². The van der Waals surface area contributed by atoms with E-state index in [1.165, 1.54) is 0 Å². The van der Waals surface area contributed by atoms with Gasteiger partial charge in [0.15, 0.2) is 0 Å². The number of carbonyl (C=O) groups is 3. The van der Waals surface area contributed by atoms with Crippen LogP contribution in [-0.4, -0.2) is 39.2 Å². The van der Waals surface area contributed by atoms with Crippen molar-refractivity contribution in [2.75, 3.05) is 6.54 Å². The summed E-state index contributed by atoms with van der Waals surface area (Å²) < 4.78 is 6.93. The molecule has 1 fully saturated rings. The number of ether oxygens (including phenoxy) is 1. The number of thioether (sulfide) groups is 1. The quantitative estimate of drug-likeness (QED) is 0.595. The monoisotopic (exact) mass is 370 g/mol. The minimum absolute atomic E-state index is 0.281. The molecule has 1 aliphatic heterocycles. The molecular weight excluding hydrogens is 352 g/mol. The predicted molar refractivity (Wildman–Crippen MR) is 99.7 cm³/mol. The normalized spacial score (nSPS) is 16.0. The van der Waals surface area contributed by atoms with E-state index < -0.39 is 17.1 Å². The van der Waals surface area contributed by atoms with Gasteiger partial charge >= 0.3 is 5.97 Å². The average molecular weight is 370 g/mol. The van der Waals surface area contributed by atoms with E-state index in [9.17, 15) is 14.4 Å². The van der Waals surface area contributed by atoms with Crippen LogP contribution in [0.2, 0.25) is 0 Å². The van der Waals surface area contributed by atoms with Crippen LogP contribution in [0.4, 0.5) is 4.79 Å². The molecule has 2 aromatic rings. The lowest BCUT2D eigenvalue weighted by Gasteiger charge is -2.13. The molecule has 0 N–H and O–H groups in total. The summed E-state index contributed by atoms with van der Waals surface area (Å²) in [6.45, 7) is 3.05. The van der Waals surface area contributed by atoms with Crippen LogP contribution in [0.1, 0.15) is 19.5 Å². The van der Waals surface area contributed by atoms with Gasteiger partial charge in [-0.15, -0.1) is 0 Å². The molecule has 2 heterocycles. The molecule has 6 nitrogen and oxygen atoms in total. The van der Waals surface area contributed by atoms with Crippen LogP contribution >= 0.6 is 11.8 Å². The van der Waals surface area contributed by atoms with Gasteiger partial charge in [0.05, 0.1) is 11.0 Å². The summed E-state index contributed by atoms with van der Waals surface area (Å²) in [5, 5.41) is -0.472. The molecule has 3 rings (SSSR count). The summed E-state index contributed by atoms with van der Waals surface area (Å²) in [6.07, 6.45) is 3.24. The van der Waals surface area contributed by atoms with Gasteiger partial charge in [-0.2, -0.15) is 0 Å². The molecular formula is C19H18N2O4S. The lowest BCUT2D eigenvalue weighted by Crippen LogP contribution is -2.35. The summed E-state index contributed by atoms with van der Waals surface area (Å²) >= 11 is 0.822. The van der Waals surface area contributed by atoms with E-state index in [4.69, 9.17) is 4.74 Å². The second-order valence-corrected chi connectivity index (χ2v) is 6.94. The van der Waals surface area contributed by atoms with E-state index in [-0.39, 0.29) is 17.6 Å². The fourth-order valence-electron chi connectivity index (χ4n) is 2.54. The predicted octanol–water partition coefficient (Wildman–Crippen LogP) is 3.47. The van der Waals surface area contributed by atoms with Crippen LogP contribution in [0.25, 0.3) is 11.8 Å². The molecule has 1 aromatic carbocycles. The molecule has 0 spiro atoms. The number of esters is 1. The van der Waals surface area contributed by atoms with E-state index in [0.29, 0.717) is 0 Å². The van der Waals surface area contributed by atoms with E-state index in [1.54, 1.807) is 19.9 Å². The Balaban J connectivity index is 1.81. The zero-order valence-corrected chi connectivity index (χ0v) is 15.2. The molecule has 26 heavy (non-hydrogen) atoms. The van der Waals surface area contributed by atoms with Gasteiger partial charge in [-0.3, -0.25) is 19.3 Å². The molecule has 0 atom stereocenters. The number of hydrogen-bond acceptors (Lipinski definition) is 5. The van der Waals surface area contributed by atoms with Crippen LogP contribution < -0.4 is 0 Å². The molecule has 7 heteroatoms. The molecule has 1 aliphatic rings. The second kappa shape index (κ2) is 7.61. The maximum absolute atomic E-state index is 12.5. The first kappa shape index (κ1) is 18.0. The fourth-order valence-corrected chi connectivity index (χ4v) is 3.36. The van der Waals surface area contributed by atoms with Crippen molar-refractivity contribution in [3.8, 4) is 5.69 Å². The topological polar surface area (TPSA) is 68.6 Å². The van der Waals surface area contributed by atoms with Crippen molar-refractivity contribution < 1.29 is 19.1 Å². The molecule has 0 radical (unpaired) electrons. The van der Waals surface area contributed by atoms with Gasteiger partial charge in [0.25, 0.3) is 11.1 Å². The molecule has 2 amide bonds. The van der Waals surface area contributed by atoms with Crippen LogP contribution in [0.3, 0.4) is 0 Å². The van der Waals surface area contributed by atoms with E-state index >= 15 is 0 Å². The first-order chi connectivity index (χ1) is 12.5. The summed E-state index contributed by atoms with van der Waals surface area (Å²) in [4.78, 5) is 37.6. The largest absolute Gasteiger partial charge is 0.462 e. The van der Waals surface area contributed by atoms with Gasteiger partial charge < -0.3 is 9.30 Å². The first-order valence-electron chi connectivity index (χ1n) is 8.13. The SMILES string of the molecule is CC(C)OC(=O)CN1C(=O)SC(=Cc2cccn2-c2ccccc2)C1=O. The Labute approximate surface area is 155 Å². The van der Waals surface area contributed by atoms with Crippen molar-refractivity contribution in [3.05, 3.63) is 59.3 Å². The van der Waals surface area contributed by atoms with Crippen molar-refractivity contribution in [1.29, 1.82) is 0 Å². The minimum atomic E-state index is -0.601. The number of nitrogens with zero attached hydrogens (tertiary/aromatic N) is 2. The van der Waals surface area contributed by atoms with E-state index in [2.05, 4.69) is 0 Å². The van der Waals surface area contributed by atoms with Crippen molar-refractivity contribution in [2.24, 2.45) is 0 Å². The van der Waals surface area contributed by atoms with Crippen LogP contribution in [0.15, 0.2) is 53.6 Å². The van der Waals surface area contributed by atoms with Crippen molar-refractivity contribution >= 4 is 35.0 Å². The number of imide groups is 1. The Morgan fingerprint density at radius 2 is 1.88 bits per heavy atom. The molecule has 0 aliphatic carbocycles. The number of aromatic nitrogens is 1. The van der Waals surface area contributed by atoms with Gasteiger partial charge in [-0.1, -0.05) is 18.2 Å². The molecule has 0 saturated carbocycles. The Kier molecular flexibility index (Phi) is 5.27. The zero-order chi connectivity index (χ0) is 18.7. The van der Waals surface area contributed by atoms with Gasteiger partial charge in [-0.25, -0.2) is 0 Å². The Morgan fingerprint density at radius 3 is 2.58 bits per heavy atom. The number of hydrogen-bond donors (Lipinski definition) is 0. The summed E-state index contributed by atoms with van der Waals surface area (Å²) in [7, 11) is 0. The zero-order valence-electron chi connectivity index (χ0n) is 14.4. The van der Waals surface area contributed by atoms with Gasteiger partial charge in [0, 0.05) is 17.6 Å². The van der Waals surface area contributed by atoms with E-state index in [1.807, 2.05) is 53.2 Å². The lowest BCUT2D eigenvalue weighted by atomic mass is 10.3. The third kappa shape index (κ3) is 3.88. The Hall–Kier alpha value is -2.80. The molecule has 1 saturated heterocycles. The highest BCUT2D eigenvalue weighted by Gasteiger charge is 2.37. The van der Waals surface area contributed by atoms with Crippen LogP contribution in [-0.2, 0) is 14.3 Å². The Bertz CT molecular complexity index is 871. The number of para-hydroxylation sites is 1. The molecule has 1 aromatic heterocycles. The Morgan fingerprint density at radius 1 is 1.15 bits per heavy atom. The fraction of sp³-hybridized carbons (Fsp3) is 0.211. The maximum Gasteiger partial charge on any atom is 0.326 e. The highest BCUT2D eigenvalue weighted by Crippen LogP contribution is 2.32. The third-order valence-corrected chi connectivity index (χ3v) is 4.53. The van der Waals surface area contributed by atoms with Crippen LogP contribution in [0, 0.1) is 0 Å². The van der Waals surface area contributed by atoms with Crippen molar-refractivity contribution in [3.63, 3.8) is 0 Å². The number of benzene rings is 1.